The van der Waals surface area contributed by atoms with E-state index >= 15 is 0 Å². The highest BCUT2D eigenvalue weighted by atomic mass is 16.4. The van der Waals surface area contributed by atoms with Crippen molar-refractivity contribution in [1.82, 2.24) is 9.47 Å². The van der Waals surface area contributed by atoms with Crippen molar-refractivity contribution in [2.45, 2.75) is 40.2 Å². The van der Waals surface area contributed by atoms with Crippen LogP contribution in [0.25, 0.3) is 0 Å². The Morgan fingerprint density at radius 2 is 1.95 bits per heavy atom. The maximum absolute atomic E-state index is 11.1. The highest BCUT2D eigenvalue weighted by molar-refractivity contribution is 5.89. The molecule has 1 aliphatic rings. The van der Waals surface area contributed by atoms with E-state index in [4.69, 9.17) is 5.11 Å². The van der Waals surface area contributed by atoms with Gasteiger partial charge in [0.2, 0.25) is 0 Å². The minimum absolute atomic E-state index is 0.436. The molecule has 1 fully saturated rings. The summed E-state index contributed by atoms with van der Waals surface area (Å²) in [5.41, 5.74) is 2.35. The van der Waals surface area contributed by atoms with E-state index in [-0.39, 0.29) is 0 Å². The molecule has 1 aromatic heterocycles. The standard InChI is InChI=1S/C15H24N2O2/c1-11(9-16-6-4-5-7-16)10-17-12(2)8-14(13(17)3)15(18)19/h8,11H,4-7,9-10H2,1-3H3,(H,18,19). The number of aromatic nitrogens is 1. The molecule has 1 aromatic rings. The Kier molecular flexibility index (Phi) is 4.30. The fourth-order valence-corrected chi connectivity index (χ4v) is 3.07. The Hall–Kier alpha value is -1.29. The van der Waals surface area contributed by atoms with E-state index in [0.29, 0.717) is 11.5 Å². The van der Waals surface area contributed by atoms with Gasteiger partial charge in [0, 0.05) is 24.5 Å². The van der Waals surface area contributed by atoms with Crippen LogP contribution in [-0.2, 0) is 6.54 Å². The van der Waals surface area contributed by atoms with Crippen molar-refractivity contribution in [2.24, 2.45) is 5.92 Å². The van der Waals surface area contributed by atoms with E-state index in [2.05, 4.69) is 16.4 Å². The molecule has 2 rings (SSSR count). The Morgan fingerprint density at radius 3 is 2.47 bits per heavy atom. The normalized spacial score (nSPS) is 17.8. The first-order valence-corrected chi connectivity index (χ1v) is 7.11. The molecule has 0 saturated carbocycles. The summed E-state index contributed by atoms with van der Waals surface area (Å²) in [6, 6.07) is 1.78. The van der Waals surface area contributed by atoms with E-state index in [1.54, 1.807) is 6.07 Å². The van der Waals surface area contributed by atoms with Crippen molar-refractivity contribution in [3.8, 4) is 0 Å². The fraction of sp³-hybridized carbons (Fsp3) is 0.667. The lowest BCUT2D eigenvalue weighted by Gasteiger charge is -2.22. The molecular weight excluding hydrogens is 240 g/mol. The van der Waals surface area contributed by atoms with Crippen LogP contribution in [0.3, 0.4) is 0 Å². The van der Waals surface area contributed by atoms with Crippen LogP contribution in [0.15, 0.2) is 6.07 Å². The van der Waals surface area contributed by atoms with E-state index < -0.39 is 5.97 Å². The molecule has 4 heteroatoms. The molecule has 1 unspecified atom stereocenters. The molecule has 0 spiro atoms. The van der Waals surface area contributed by atoms with Crippen molar-refractivity contribution >= 4 is 5.97 Å². The number of carboxylic acids is 1. The van der Waals surface area contributed by atoms with Crippen molar-refractivity contribution in [3.05, 3.63) is 23.0 Å². The van der Waals surface area contributed by atoms with E-state index in [9.17, 15) is 4.79 Å². The number of likely N-dealkylation sites (tertiary alicyclic amines) is 1. The molecule has 1 aliphatic heterocycles. The monoisotopic (exact) mass is 264 g/mol. The number of nitrogens with zero attached hydrogens (tertiary/aromatic N) is 2. The third-order valence-electron chi connectivity index (χ3n) is 4.07. The summed E-state index contributed by atoms with van der Waals surface area (Å²) < 4.78 is 2.14. The summed E-state index contributed by atoms with van der Waals surface area (Å²) in [7, 11) is 0. The number of aryl methyl sites for hydroxylation is 1. The highest BCUT2D eigenvalue weighted by Crippen LogP contribution is 2.18. The molecule has 1 N–H and O–H groups in total. The SMILES string of the molecule is Cc1cc(C(=O)O)c(C)n1CC(C)CN1CCCC1. The van der Waals surface area contributed by atoms with Gasteiger partial charge in [-0.05, 0) is 51.8 Å². The topological polar surface area (TPSA) is 45.5 Å². The second-order valence-electron chi connectivity index (χ2n) is 5.81. The minimum atomic E-state index is -0.827. The zero-order valence-electron chi connectivity index (χ0n) is 12.1. The van der Waals surface area contributed by atoms with Gasteiger partial charge in [0.15, 0.2) is 0 Å². The van der Waals surface area contributed by atoms with Crippen LogP contribution in [0, 0.1) is 19.8 Å². The molecule has 2 heterocycles. The fourth-order valence-electron chi connectivity index (χ4n) is 3.07. The smallest absolute Gasteiger partial charge is 0.337 e. The van der Waals surface area contributed by atoms with Gasteiger partial charge in [-0.2, -0.15) is 0 Å². The number of aromatic carboxylic acids is 1. The Morgan fingerprint density at radius 1 is 1.32 bits per heavy atom. The summed E-state index contributed by atoms with van der Waals surface area (Å²) in [6.45, 7) is 10.6. The lowest BCUT2D eigenvalue weighted by Crippen LogP contribution is -2.28. The van der Waals surface area contributed by atoms with Crippen molar-refractivity contribution in [2.75, 3.05) is 19.6 Å². The van der Waals surface area contributed by atoms with Crippen molar-refractivity contribution in [3.63, 3.8) is 0 Å². The largest absolute Gasteiger partial charge is 0.478 e. The maximum Gasteiger partial charge on any atom is 0.337 e. The van der Waals surface area contributed by atoms with Crippen LogP contribution in [0.5, 0.6) is 0 Å². The first-order valence-electron chi connectivity index (χ1n) is 7.11. The third kappa shape index (κ3) is 3.18. The molecular formula is C15H24N2O2. The molecule has 1 saturated heterocycles. The predicted octanol–water partition coefficient (Wildman–Crippen LogP) is 2.54. The summed E-state index contributed by atoms with van der Waals surface area (Å²) in [4.78, 5) is 13.6. The minimum Gasteiger partial charge on any atom is -0.478 e. The highest BCUT2D eigenvalue weighted by Gasteiger charge is 2.18. The van der Waals surface area contributed by atoms with E-state index in [1.807, 2.05) is 13.8 Å². The zero-order chi connectivity index (χ0) is 14.0. The molecule has 106 valence electrons. The lowest BCUT2D eigenvalue weighted by atomic mass is 10.1. The Balaban J connectivity index is 2.03. The van der Waals surface area contributed by atoms with Crippen LogP contribution >= 0.6 is 0 Å². The van der Waals surface area contributed by atoms with Crippen LogP contribution < -0.4 is 0 Å². The van der Waals surface area contributed by atoms with Gasteiger partial charge in [-0.3, -0.25) is 0 Å². The number of carbonyl (C=O) groups is 1. The Bertz CT molecular complexity index is 459. The third-order valence-corrected chi connectivity index (χ3v) is 4.07. The maximum atomic E-state index is 11.1. The quantitative estimate of drug-likeness (QED) is 0.889. The van der Waals surface area contributed by atoms with Crippen LogP contribution in [-0.4, -0.2) is 40.2 Å². The predicted molar refractivity (Wildman–Crippen MR) is 75.7 cm³/mol. The summed E-state index contributed by atoms with van der Waals surface area (Å²) >= 11 is 0. The molecule has 0 radical (unpaired) electrons. The first kappa shape index (κ1) is 14.1. The van der Waals surface area contributed by atoms with Gasteiger partial charge in [0.1, 0.15) is 0 Å². The second kappa shape index (κ2) is 5.78. The van der Waals surface area contributed by atoms with E-state index in [1.165, 1.54) is 25.9 Å². The van der Waals surface area contributed by atoms with E-state index in [0.717, 1.165) is 24.5 Å². The number of carboxylic acid groups (broad SMARTS) is 1. The second-order valence-corrected chi connectivity index (χ2v) is 5.81. The Labute approximate surface area is 115 Å². The van der Waals surface area contributed by atoms with Gasteiger partial charge in [-0.15, -0.1) is 0 Å². The van der Waals surface area contributed by atoms with Crippen LogP contribution in [0.2, 0.25) is 0 Å². The molecule has 19 heavy (non-hydrogen) atoms. The molecule has 1 atom stereocenters. The van der Waals surface area contributed by atoms with Crippen molar-refractivity contribution < 1.29 is 9.90 Å². The van der Waals surface area contributed by atoms with Crippen molar-refractivity contribution in [1.29, 1.82) is 0 Å². The van der Waals surface area contributed by atoms with Crippen LogP contribution in [0.1, 0.15) is 41.5 Å². The van der Waals surface area contributed by atoms with Crippen LogP contribution in [0.4, 0.5) is 0 Å². The average Bonchev–Trinajstić information content (AvgIpc) is 2.92. The van der Waals surface area contributed by atoms with Gasteiger partial charge in [0.25, 0.3) is 0 Å². The molecule has 0 aromatic carbocycles. The van der Waals surface area contributed by atoms with Gasteiger partial charge >= 0.3 is 5.97 Å². The van der Waals surface area contributed by atoms with Gasteiger partial charge in [0.05, 0.1) is 5.56 Å². The number of rotatable bonds is 5. The van der Waals surface area contributed by atoms with Gasteiger partial charge in [-0.25, -0.2) is 4.79 Å². The first-order chi connectivity index (χ1) is 8.99. The van der Waals surface area contributed by atoms with Gasteiger partial charge in [-0.1, -0.05) is 6.92 Å². The average molecular weight is 264 g/mol. The molecule has 0 amide bonds. The summed E-state index contributed by atoms with van der Waals surface area (Å²) in [6.07, 6.45) is 2.63. The summed E-state index contributed by atoms with van der Waals surface area (Å²) in [5.74, 6) is -0.281. The zero-order valence-corrected chi connectivity index (χ0v) is 12.1. The molecule has 0 bridgehead atoms. The van der Waals surface area contributed by atoms with Gasteiger partial charge < -0.3 is 14.6 Å². The number of hydrogen-bond donors (Lipinski definition) is 1. The lowest BCUT2D eigenvalue weighted by molar-refractivity contribution is 0.0696. The molecule has 0 aliphatic carbocycles. The summed E-state index contributed by atoms with van der Waals surface area (Å²) in [5, 5.41) is 9.15. The number of hydrogen-bond acceptors (Lipinski definition) is 2. The molecule has 4 nitrogen and oxygen atoms in total.